The molecule has 0 saturated heterocycles. The highest BCUT2D eigenvalue weighted by Gasteiger charge is 2.12. The molecular formula is C17H16ClNO3S. The van der Waals surface area contributed by atoms with Crippen molar-refractivity contribution >= 4 is 35.2 Å². The van der Waals surface area contributed by atoms with E-state index >= 15 is 0 Å². The maximum atomic E-state index is 11.9. The van der Waals surface area contributed by atoms with Gasteiger partial charge in [-0.1, -0.05) is 35.9 Å². The van der Waals surface area contributed by atoms with Crippen molar-refractivity contribution in [2.75, 3.05) is 12.9 Å². The van der Waals surface area contributed by atoms with Gasteiger partial charge in [0.1, 0.15) is 0 Å². The number of hydrogen-bond donors (Lipinski definition) is 1. The van der Waals surface area contributed by atoms with E-state index in [1.54, 1.807) is 24.3 Å². The molecule has 1 amide bonds. The summed E-state index contributed by atoms with van der Waals surface area (Å²) in [5, 5.41) is 3.46. The summed E-state index contributed by atoms with van der Waals surface area (Å²) in [6.45, 7) is 0.415. The van der Waals surface area contributed by atoms with Gasteiger partial charge in [-0.25, -0.2) is 4.79 Å². The first-order valence-electron chi connectivity index (χ1n) is 6.91. The van der Waals surface area contributed by atoms with Crippen molar-refractivity contribution in [1.29, 1.82) is 0 Å². The topological polar surface area (TPSA) is 55.4 Å². The fourth-order valence-corrected chi connectivity index (χ4v) is 3.00. The molecule has 0 aliphatic rings. The van der Waals surface area contributed by atoms with Crippen LogP contribution in [-0.2, 0) is 16.1 Å². The van der Waals surface area contributed by atoms with Crippen LogP contribution in [0.3, 0.4) is 0 Å². The molecule has 0 aliphatic carbocycles. The highest BCUT2D eigenvalue weighted by atomic mass is 35.5. The molecule has 0 atom stereocenters. The lowest BCUT2D eigenvalue weighted by Crippen LogP contribution is -2.24. The molecule has 0 heterocycles. The van der Waals surface area contributed by atoms with Crippen LogP contribution in [0.4, 0.5) is 0 Å². The van der Waals surface area contributed by atoms with E-state index in [0.29, 0.717) is 17.1 Å². The van der Waals surface area contributed by atoms with Crippen LogP contribution in [0.1, 0.15) is 15.9 Å². The quantitative estimate of drug-likeness (QED) is 0.640. The Bertz CT molecular complexity index is 706. The lowest BCUT2D eigenvalue weighted by molar-refractivity contribution is -0.118. The molecule has 2 aromatic carbocycles. The number of ether oxygens (including phenoxy) is 1. The molecule has 0 radical (unpaired) electrons. The summed E-state index contributed by atoms with van der Waals surface area (Å²) in [6.07, 6.45) is 0. The molecule has 1 N–H and O–H groups in total. The SMILES string of the molecule is COC(=O)c1ccccc1SCC(=O)NCc1cccc(Cl)c1. The van der Waals surface area contributed by atoms with E-state index in [0.717, 1.165) is 10.5 Å². The van der Waals surface area contributed by atoms with Gasteiger partial charge in [0, 0.05) is 16.5 Å². The van der Waals surface area contributed by atoms with Gasteiger partial charge in [-0.2, -0.15) is 0 Å². The predicted octanol–water partition coefficient (Wildman–Crippen LogP) is 3.54. The number of halogens is 1. The van der Waals surface area contributed by atoms with Gasteiger partial charge in [-0.05, 0) is 29.8 Å². The van der Waals surface area contributed by atoms with Gasteiger partial charge in [0.2, 0.25) is 5.91 Å². The molecule has 2 rings (SSSR count). The Hall–Kier alpha value is -1.98. The molecule has 0 unspecified atom stereocenters. The van der Waals surface area contributed by atoms with Crippen molar-refractivity contribution in [1.82, 2.24) is 5.32 Å². The van der Waals surface area contributed by atoms with Crippen LogP contribution >= 0.6 is 23.4 Å². The second kappa shape index (κ2) is 8.60. The molecule has 4 nitrogen and oxygen atoms in total. The molecule has 23 heavy (non-hydrogen) atoms. The van der Waals surface area contributed by atoms with Crippen LogP contribution in [0.25, 0.3) is 0 Å². The molecule has 0 aromatic heterocycles. The Morgan fingerprint density at radius 2 is 1.96 bits per heavy atom. The van der Waals surface area contributed by atoms with Gasteiger partial charge < -0.3 is 10.1 Å². The molecule has 120 valence electrons. The summed E-state index contributed by atoms with van der Waals surface area (Å²) in [5.74, 6) is -0.309. The molecule has 0 spiro atoms. The molecule has 6 heteroatoms. The van der Waals surface area contributed by atoms with E-state index in [1.165, 1.54) is 18.9 Å². The summed E-state index contributed by atoms with van der Waals surface area (Å²) in [5.41, 5.74) is 1.40. The Morgan fingerprint density at radius 3 is 2.70 bits per heavy atom. The fourth-order valence-electron chi connectivity index (χ4n) is 1.91. The lowest BCUT2D eigenvalue weighted by atomic mass is 10.2. The van der Waals surface area contributed by atoms with Crippen LogP contribution in [0, 0.1) is 0 Å². The Labute approximate surface area is 144 Å². The minimum atomic E-state index is -0.410. The number of hydrogen-bond acceptors (Lipinski definition) is 4. The van der Waals surface area contributed by atoms with Crippen LogP contribution in [0.2, 0.25) is 5.02 Å². The molecule has 2 aromatic rings. The maximum absolute atomic E-state index is 11.9. The van der Waals surface area contributed by atoms with E-state index in [4.69, 9.17) is 16.3 Å². The van der Waals surface area contributed by atoms with Crippen LogP contribution in [-0.4, -0.2) is 24.7 Å². The normalized spacial score (nSPS) is 10.2. The summed E-state index contributed by atoms with van der Waals surface area (Å²) in [4.78, 5) is 24.3. The number of nitrogens with one attached hydrogen (secondary N) is 1. The van der Waals surface area contributed by atoms with Crippen molar-refractivity contribution < 1.29 is 14.3 Å². The smallest absolute Gasteiger partial charge is 0.338 e. The molecule has 0 aliphatic heterocycles. The molecule has 0 saturated carbocycles. The maximum Gasteiger partial charge on any atom is 0.338 e. The number of carbonyl (C=O) groups excluding carboxylic acids is 2. The monoisotopic (exact) mass is 349 g/mol. The predicted molar refractivity (Wildman–Crippen MR) is 91.8 cm³/mol. The third-order valence-electron chi connectivity index (χ3n) is 3.03. The van der Waals surface area contributed by atoms with Crippen molar-refractivity contribution in [2.45, 2.75) is 11.4 Å². The van der Waals surface area contributed by atoms with Crippen molar-refractivity contribution in [3.8, 4) is 0 Å². The number of esters is 1. The van der Waals surface area contributed by atoms with Crippen molar-refractivity contribution in [3.05, 3.63) is 64.7 Å². The largest absolute Gasteiger partial charge is 0.465 e. The first-order chi connectivity index (χ1) is 11.1. The number of amides is 1. The van der Waals surface area contributed by atoms with E-state index in [1.807, 2.05) is 24.3 Å². The second-order valence-corrected chi connectivity index (χ2v) is 6.14. The minimum absolute atomic E-state index is 0.116. The average Bonchev–Trinajstić information content (AvgIpc) is 2.57. The van der Waals surface area contributed by atoms with Crippen molar-refractivity contribution in [2.24, 2.45) is 0 Å². The number of carbonyl (C=O) groups is 2. The van der Waals surface area contributed by atoms with E-state index in [9.17, 15) is 9.59 Å². The zero-order valence-electron chi connectivity index (χ0n) is 12.5. The average molecular weight is 350 g/mol. The van der Waals surface area contributed by atoms with Crippen molar-refractivity contribution in [3.63, 3.8) is 0 Å². The van der Waals surface area contributed by atoms with Gasteiger partial charge in [0.15, 0.2) is 0 Å². The molecule has 0 fully saturated rings. The Kier molecular flexibility index (Phi) is 6.50. The Balaban J connectivity index is 1.89. The number of methoxy groups -OCH3 is 1. The number of rotatable bonds is 6. The highest BCUT2D eigenvalue weighted by Crippen LogP contribution is 2.23. The zero-order valence-corrected chi connectivity index (χ0v) is 14.1. The van der Waals surface area contributed by atoms with E-state index < -0.39 is 5.97 Å². The fraction of sp³-hybridized carbons (Fsp3) is 0.176. The van der Waals surface area contributed by atoms with Gasteiger partial charge >= 0.3 is 5.97 Å². The number of benzene rings is 2. The number of thioether (sulfide) groups is 1. The van der Waals surface area contributed by atoms with Crippen LogP contribution in [0.5, 0.6) is 0 Å². The van der Waals surface area contributed by atoms with E-state index in [2.05, 4.69) is 5.32 Å². The first-order valence-corrected chi connectivity index (χ1v) is 8.28. The van der Waals surface area contributed by atoms with Gasteiger partial charge in [-0.3, -0.25) is 4.79 Å². The zero-order chi connectivity index (χ0) is 16.7. The third-order valence-corrected chi connectivity index (χ3v) is 4.34. The second-order valence-electron chi connectivity index (χ2n) is 4.68. The third kappa shape index (κ3) is 5.30. The van der Waals surface area contributed by atoms with Crippen LogP contribution < -0.4 is 5.32 Å². The first kappa shape index (κ1) is 17.4. The van der Waals surface area contributed by atoms with E-state index in [-0.39, 0.29) is 11.7 Å². The summed E-state index contributed by atoms with van der Waals surface area (Å²) in [6, 6.07) is 14.4. The standard InChI is InChI=1S/C17H16ClNO3S/c1-22-17(21)14-7-2-3-8-15(14)23-11-16(20)19-10-12-5-4-6-13(18)9-12/h2-9H,10-11H2,1H3,(H,19,20). The lowest BCUT2D eigenvalue weighted by Gasteiger charge is -2.08. The molecule has 0 bridgehead atoms. The summed E-state index contributed by atoms with van der Waals surface area (Å²) >= 11 is 7.20. The minimum Gasteiger partial charge on any atom is -0.465 e. The Morgan fingerprint density at radius 1 is 1.17 bits per heavy atom. The molecular weight excluding hydrogens is 334 g/mol. The summed E-state index contributed by atoms with van der Waals surface area (Å²) in [7, 11) is 1.33. The summed E-state index contributed by atoms with van der Waals surface area (Å²) < 4.78 is 4.73. The van der Waals surface area contributed by atoms with Gasteiger partial charge in [0.05, 0.1) is 18.4 Å². The highest BCUT2D eigenvalue weighted by molar-refractivity contribution is 8.00. The van der Waals surface area contributed by atoms with Gasteiger partial charge in [0.25, 0.3) is 0 Å². The van der Waals surface area contributed by atoms with Crippen LogP contribution in [0.15, 0.2) is 53.4 Å². The van der Waals surface area contributed by atoms with Gasteiger partial charge in [-0.15, -0.1) is 11.8 Å².